The van der Waals surface area contributed by atoms with Gasteiger partial charge in [0.15, 0.2) is 4.87 Å². The summed E-state index contributed by atoms with van der Waals surface area (Å²) < 4.78 is 5.16. The van der Waals surface area contributed by atoms with Gasteiger partial charge in [-0.25, -0.2) is 4.79 Å². The molecular weight excluding hydrogens is 284 g/mol. The first kappa shape index (κ1) is 13.9. The van der Waals surface area contributed by atoms with Crippen molar-refractivity contribution in [3.05, 3.63) is 71.8 Å². The molecule has 2 aromatic rings. The second kappa shape index (κ2) is 5.38. The molecule has 0 amide bonds. The van der Waals surface area contributed by atoms with Crippen LogP contribution in [0.3, 0.4) is 0 Å². The van der Waals surface area contributed by atoms with E-state index in [1.165, 1.54) is 0 Å². The van der Waals surface area contributed by atoms with Crippen molar-refractivity contribution in [2.24, 2.45) is 0 Å². The summed E-state index contributed by atoms with van der Waals surface area (Å²) in [5.74, 6) is -0.399. The van der Waals surface area contributed by atoms with Crippen molar-refractivity contribution in [1.29, 1.82) is 0 Å². The number of alkyl halides is 1. The minimum atomic E-state index is -1.15. The van der Waals surface area contributed by atoms with Gasteiger partial charge in [0.25, 0.3) is 0 Å². The maximum absolute atomic E-state index is 12.3. The molecule has 1 aliphatic rings. The van der Waals surface area contributed by atoms with Crippen LogP contribution in [0.5, 0.6) is 0 Å². The molecule has 0 aliphatic heterocycles. The van der Waals surface area contributed by atoms with E-state index in [0.717, 1.165) is 22.3 Å². The summed E-state index contributed by atoms with van der Waals surface area (Å²) in [5.41, 5.74) is 3.60. The highest BCUT2D eigenvalue weighted by Gasteiger charge is 2.60. The summed E-state index contributed by atoms with van der Waals surface area (Å²) in [7, 11) is 0. The van der Waals surface area contributed by atoms with Crippen molar-refractivity contribution in [2.45, 2.75) is 11.8 Å². The molecule has 3 heteroatoms. The Hall–Kier alpha value is -2.06. The van der Waals surface area contributed by atoms with Crippen molar-refractivity contribution < 1.29 is 9.53 Å². The van der Waals surface area contributed by atoms with E-state index in [1.54, 1.807) is 6.92 Å². The van der Waals surface area contributed by atoms with Gasteiger partial charge < -0.3 is 4.74 Å². The van der Waals surface area contributed by atoms with Gasteiger partial charge in [0.05, 0.1) is 6.61 Å². The zero-order valence-corrected chi connectivity index (χ0v) is 12.4. The molecule has 0 fully saturated rings. The average molecular weight is 299 g/mol. The molecule has 0 aromatic heterocycles. The maximum Gasteiger partial charge on any atom is 0.336 e. The Morgan fingerprint density at radius 2 is 1.38 bits per heavy atom. The van der Waals surface area contributed by atoms with Crippen LogP contribution in [0.2, 0.25) is 0 Å². The van der Waals surface area contributed by atoms with E-state index in [-0.39, 0.29) is 0 Å². The lowest BCUT2D eigenvalue weighted by molar-refractivity contribution is -0.142. The van der Waals surface area contributed by atoms with Crippen LogP contribution in [0, 0.1) is 0 Å². The number of carbonyl (C=O) groups is 1. The normalized spacial score (nSPS) is 15.7. The fourth-order valence-corrected chi connectivity index (χ4v) is 3.00. The van der Waals surface area contributed by atoms with E-state index in [0.29, 0.717) is 6.61 Å². The summed E-state index contributed by atoms with van der Waals surface area (Å²) in [6.45, 7) is 2.10. The number of ether oxygens (including phenoxy) is 1. The predicted octanol–water partition coefficient (Wildman–Crippen LogP) is 4.15. The van der Waals surface area contributed by atoms with E-state index in [1.807, 2.05) is 60.7 Å². The Balaban J connectivity index is 2.07. The summed E-state index contributed by atoms with van der Waals surface area (Å²) in [6, 6.07) is 19.5. The lowest BCUT2D eigenvalue weighted by Crippen LogP contribution is -2.24. The number of halogens is 1. The highest BCUT2D eigenvalue weighted by atomic mass is 35.5. The fraction of sp³-hybridized carbons (Fsp3) is 0.167. The lowest BCUT2D eigenvalue weighted by atomic mass is 10.1. The molecule has 3 rings (SSSR count). The van der Waals surface area contributed by atoms with Gasteiger partial charge in [0, 0.05) is 11.1 Å². The van der Waals surface area contributed by atoms with E-state index < -0.39 is 10.8 Å². The van der Waals surface area contributed by atoms with Crippen molar-refractivity contribution in [2.75, 3.05) is 6.61 Å². The Kier molecular flexibility index (Phi) is 3.56. The summed E-state index contributed by atoms with van der Waals surface area (Å²) >= 11 is 6.63. The number of rotatable bonds is 4. The van der Waals surface area contributed by atoms with Crippen molar-refractivity contribution >= 4 is 28.7 Å². The van der Waals surface area contributed by atoms with Gasteiger partial charge in [-0.1, -0.05) is 72.3 Å². The van der Waals surface area contributed by atoms with E-state index in [4.69, 9.17) is 16.3 Å². The number of carbonyl (C=O) groups excluding carboxylic acids is 1. The lowest BCUT2D eigenvalue weighted by Gasteiger charge is -2.11. The minimum Gasteiger partial charge on any atom is -0.464 e. The molecular formula is C18H15ClO2. The number of hydrogen-bond donors (Lipinski definition) is 0. The van der Waals surface area contributed by atoms with Crippen LogP contribution in [0.4, 0.5) is 0 Å². The van der Waals surface area contributed by atoms with Gasteiger partial charge in [-0.2, -0.15) is 0 Å². The molecule has 0 N–H and O–H groups in total. The Morgan fingerprint density at radius 1 is 0.952 bits per heavy atom. The third-order valence-corrected chi connectivity index (χ3v) is 4.09. The monoisotopic (exact) mass is 298 g/mol. The van der Waals surface area contributed by atoms with E-state index in [9.17, 15) is 4.79 Å². The molecule has 106 valence electrons. The number of benzene rings is 2. The van der Waals surface area contributed by atoms with Crippen LogP contribution in [-0.2, 0) is 9.53 Å². The second-order valence-corrected chi connectivity index (χ2v) is 5.43. The molecule has 2 nitrogen and oxygen atoms in total. The van der Waals surface area contributed by atoms with E-state index in [2.05, 4.69) is 0 Å². The average Bonchev–Trinajstić information content (AvgIpc) is 3.17. The predicted molar refractivity (Wildman–Crippen MR) is 84.9 cm³/mol. The Morgan fingerprint density at radius 3 is 1.76 bits per heavy atom. The van der Waals surface area contributed by atoms with E-state index >= 15 is 0 Å². The summed E-state index contributed by atoms with van der Waals surface area (Å²) in [4.78, 5) is 11.1. The molecule has 0 saturated carbocycles. The highest BCUT2D eigenvalue weighted by molar-refractivity contribution is 6.58. The molecule has 0 bridgehead atoms. The van der Waals surface area contributed by atoms with Gasteiger partial charge in [-0.15, -0.1) is 0 Å². The largest absolute Gasteiger partial charge is 0.464 e. The second-order valence-electron chi connectivity index (χ2n) is 4.86. The van der Waals surface area contributed by atoms with Gasteiger partial charge in [0.1, 0.15) is 0 Å². The molecule has 2 aromatic carbocycles. The first-order chi connectivity index (χ1) is 10.2. The molecule has 21 heavy (non-hydrogen) atoms. The van der Waals surface area contributed by atoms with Gasteiger partial charge in [0.2, 0.25) is 0 Å². The first-order valence-electron chi connectivity index (χ1n) is 6.91. The first-order valence-corrected chi connectivity index (χ1v) is 7.29. The van der Waals surface area contributed by atoms with Crippen LogP contribution in [-0.4, -0.2) is 17.5 Å². The summed E-state index contributed by atoms with van der Waals surface area (Å²) in [5, 5.41) is 0. The zero-order valence-electron chi connectivity index (χ0n) is 11.7. The standard InChI is InChI=1S/C18H15ClO2/c1-2-21-17(20)18(19)15(13-9-5-3-6-10-13)16(18)14-11-7-4-8-12-14/h3-12H,2H2,1H3. The smallest absolute Gasteiger partial charge is 0.336 e. The van der Waals surface area contributed by atoms with Crippen molar-refractivity contribution in [3.63, 3.8) is 0 Å². The zero-order chi connectivity index (χ0) is 14.9. The van der Waals surface area contributed by atoms with Crippen molar-refractivity contribution in [1.82, 2.24) is 0 Å². The highest BCUT2D eigenvalue weighted by Crippen LogP contribution is 2.61. The minimum absolute atomic E-state index is 0.317. The molecule has 0 saturated heterocycles. The third-order valence-electron chi connectivity index (χ3n) is 3.56. The fourth-order valence-electron chi connectivity index (χ4n) is 2.59. The van der Waals surface area contributed by atoms with Crippen LogP contribution in [0.25, 0.3) is 11.1 Å². The molecule has 1 aliphatic carbocycles. The van der Waals surface area contributed by atoms with Crippen LogP contribution in [0.1, 0.15) is 18.1 Å². The molecule has 0 atom stereocenters. The summed E-state index contributed by atoms with van der Waals surface area (Å²) in [6.07, 6.45) is 0. The maximum atomic E-state index is 12.3. The number of esters is 1. The molecule has 0 spiro atoms. The van der Waals surface area contributed by atoms with Crippen molar-refractivity contribution in [3.8, 4) is 0 Å². The van der Waals surface area contributed by atoms with Crippen LogP contribution < -0.4 is 0 Å². The quantitative estimate of drug-likeness (QED) is 0.626. The van der Waals surface area contributed by atoms with Gasteiger partial charge >= 0.3 is 5.97 Å². The van der Waals surface area contributed by atoms with Gasteiger partial charge in [-0.05, 0) is 18.1 Å². The molecule has 0 heterocycles. The Bertz CT molecular complexity index is 640. The van der Waals surface area contributed by atoms with Gasteiger partial charge in [-0.3, -0.25) is 0 Å². The van der Waals surface area contributed by atoms with Crippen LogP contribution >= 0.6 is 11.6 Å². The topological polar surface area (TPSA) is 26.3 Å². The molecule has 0 radical (unpaired) electrons. The number of hydrogen-bond acceptors (Lipinski definition) is 2. The van der Waals surface area contributed by atoms with Crippen LogP contribution in [0.15, 0.2) is 60.7 Å². The third kappa shape index (κ3) is 2.26. The SMILES string of the molecule is CCOC(=O)C1(Cl)C(c2ccccc2)=C1c1ccccc1. The Labute approximate surface area is 129 Å². The molecule has 0 unspecified atom stereocenters.